The standard InChI is InChI=1S/C8H9ClN4O2/c1-3-4-12(2)8-10-5-6(13(14)15)7(9)11-8/h3,5H,1,4H2,2H3. The van der Waals surface area contributed by atoms with Crippen LogP contribution in [0.5, 0.6) is 0 Å². The Bertz CT molecular complexity index is 396. The van der Waals surface area contributed by atoms with Crippen molar-refractivity contribution in [2.24, 2.45) is 0 Å². The molecule has 0 amide bonds. The highest BCUT2D eigenvalue weighted by atomic mass is 35.5. The van der Waals surface area contributed by atoms with Crippen molar-refractivity contribution in [3.8, 4) is 0 Å². The van der Waals surface area contributed by atoms with E-state index in [1.807, 2.05) is 0 Å². The van der Waals surface area contributed by atoms with E-state index < -0.39 is 4.92 Å². The second-order valence-corrected chi connectivity index (χ2v) is 3.13. The second-order valence-electron chi connectivity index (χ2n) is 2.77. The normalized spacial score (nSPS) is 9.73. The van der Waals surface area contributed by atoms with E-state index in [9.17, 15) is 10.1 Å². The smallest absolute Gasteiger partial charge is 0.324 e. The quantitative estimate of drug-likeness (QED) is 0.339. The van der Waals surface area contributed by atoms with E-state index in [1.165, 1.54) is 0 Å². The van der Waals surface area contributed by atoms with Crippen molar-refractivity contribution < 1.29 is 4.92 Å². The average Bonchev–Trinajstić information content (AvgIpc) is 2.17. The molecule has 0 saturated heterocycles. The molecule has 1 aromatic heterocycles. The van der Waals surface area contributed by atoms with E-state index in [0.29, 0.717) is 12.5 Å². The fraction of sp³-hybridized carbons (Fsp3) is 0.250. The number of likely N-dealkylation sites (N-methyl/N-ethyl adjacent to an activating group) is 1. The number of rotatable bonds is 4. The summed E-state index contributed by atoms with van der Waals surface area (Å²) in [4.78, 5) is 19.1. The van der Waals surface area contributed by atoms with E-state index in [1.54, 1.807) is 18.0 Å². The van der Waals surface area contributed by atoms with Crippen LogP contribution in [0.2, 0.25) is 5.15 Å². The summed E-state index contributed by atoms with van der Waals surface area (Å²) in [5.41, 5.74) is -0.299. The third kappa shape index (κ3) is 2.63. The zero-order valence-electron chi connectivity index (χ0n) is 8.05. The highest BCUT2D eigenvalue weighted by molar-refractivity contribution is 6.31. The number of nitro groups is 1. The van der Waals surface area contributed by atoms with Gasteiger partial charge in [-0.2, -0.15) is 4.98 Å². The van der Waals surface area contributed by atoms with Gasteiger partial charge in [0.15, 0.2) is 0 Å². The van der Waals surface area contributed by atoms with Crippen LogP contribution in [0.1, 0.15) is 0 Å². The Balaban J connectivity index is 3.00. The zero-order chi connectivity index (χ0) is 11.4. The lowest BCUT2D eigenvalue weighted by molar-refractivity contribution is -0.385. The summed E-state index contributed by atoms with van der Waals surface area (Å²) in [5.74, 6) is 0.325. The fourth-order valence-electron chi connectivity index (χ4n) is 0.928. The third-order valence-electron chi connectivity index (χ3n) is 1.65. The van der Waals surface area contributed by atoms with Crippen molar-refractivity contribution in [1.82, 2.24) is 9.97 Å². The monoisotopic (exact) mass is 228 g/mol. The maximum Gasteiger partial charge on any atom is 0.324 e. The number of halogens is 1. The molecule has 0 aromatic carbocycles. The number of nitrogens with zero attached hydrogens (tertiary/aromatic N) is 4. The summed E-state index contributed by atoms with van der Waals surface area (Å²) in [6, 6.07) is 0. The van der Waals surface area contributed by atoms with Crippen molar-refractivity contribution in [1.29, 1.82) is 0 Å². The molecular formula is C8H9ClN4O2. The van der Waals surface area contributed by atoms with Crippen molar-refractivity contribution in [2.75, 3.05) is 18.5 Å². The maximum atomic E-state index is 10.4. The van der Waals surface area contributed by atoms with Gasteiger partial charge in [-0.1, -0.05) is 17.7 Å². The van der Waals surface area contributed by atoms with E-state index in [0.717, 1.165) is 6.20 Å². The molecule has 15 heavy (non-hydrogen) atoms. The largest absolute Gasteiger partial charge is 0.340 e. The minimum Gasteiger partial charge on any atom is -0.340 e. The Morgan fingerprint density at radius 3 is 2.93 bits per heavy atom. The molecule has 0 saturated carbocycles. The van der Waals surface area contributed by atoms with E-state index in [4.69, 9.17) is 11.6 Å². The molecule has 0 bridgehead atoms. The Labute approximate surface area is 91.4 Å². The molecule has 1 aromatic rings. The molecule has 0 spiro atoms. The number of hydrogen-bond acceptors (Lipinski definition) is 5. The van der Waals surface area contributed by atoms with Crippen LogP contribution in [-0.4, -0.2) is 28.5 Å². The predicted molar refractivity (Wildman–Crippen MR) is 57.2 cm³/mol. The van der Waals surface area contributed by atoms with E-state index >= 15 is 0 Å². The third-order valence-corrected chi connectivity index (χ3v) is 1.93. The first-order valence-electron chi connectivity index (χ1n) is 4.05. The zero-order valence-corrected chi connectivity index (χ0v) is 8.81. The lowest BCUT2D eigenvalue weighted by Crippen LogP contribution is -2.19. The van der Waals surface area contributed by atoms with Gasteiger partial charge in [0.1, 0.15) is 6.20 Å². The van der Waals surface area contributed by atoms with Gasteiger partial charge in [0.05, 0.1) is 4.92 Å². The molecular weight excluding hydrogens is 220 g/mol. The van der Waals surface area contributed by atoms with Crippen molar-refractivity contribution in [3.05, 3.63) is 34.1 Å². The van der Waals surface area contributed by atoms with Crippen LogP contribution < -0.4 is 4.90 Å². The summed E-state index contributed by atoms with van der Waals surface area (Å²) in [7, 11) is 1.74. The summed E-state index contributed by atoms with van der Waals surface area (Å²) < 4.78 is 0. The highest BCUT2D eigenvalue weighted by Gasteiger charge is 2.16. The SMILES string of the molecule is C=CCN(C)c1ncc([N+](=O)[O-])c(Cl)n1. The van der Waals surface area contributed by atoms with Crippen LogP contribution in [0.15, 0.2) is 18.9 Å². The highest BCUT2D eigenvalue weighted by Crippen LogP contribution is 2.22. The second kappa shape index (κ2) is 4.70. The molecule has 0 unspecified atom stereocenters. The molecule has 0 fully saturated rings. The summed E-state index contributed by atoms with van der Waals surface area (Å²) in [6.45, 7) is 4.09. The van der Waals surface area contributed by atoms with E-state index in [-0.39, 0.29) is 10.8 Å². The molecule has 80 valence electrons. The van der Waals surface area contributed by atoms with Crippen LogP contribution in [0.4, 0.5) is 11.6 Å². The molecule has 0 radical (unpaired) electrons. The molecule has 0 aliphatic rings. The van der Waals surface area contributed by atoms with Crippen LogP contribution >= 0.6 is 11.6 Å². The van der Waals surface area contributed by atoms with Gasteiger partial charge in [0.25, 0.3) is 0 Å². The molecule has 0 aliphatic carbocycles. The van der Waals surface area contributed by atoms with E-state index in [2.05, 4.69) is 16.5 Å². The minimum atomic E-state index is -0.625. The first-order chi connectivity index (χ1) is 7.06. The van der Waals surface area contributed by atoms with Crippen LogP contribution in [0.25, 0.3) is 0 Å². The summed E-state index contributed by atoms with van der Waals surface area (Å²) in [5, 5.41) is 10.3. The Morgan fingerprint density at radius 2 is 2.47 bits per heavy atom. The Kier molecular flexibility index (Phi) is 3.56. The molecule has 0 atom stereocenters. The van der Waals surface area contributed by atoms with Gasteiger partial charge in [-0.25, -0.2) is 4.98 Å². The van der Waals surface area contributed by atoms with Gasteiger partial charge < -0.3 is 4.90 Å². The van der Waals surface area contributed by atoms with Gasteiger partial charge in [-0.3, -0.25) is 10.1 Å². The molecule has 1 rings (SSSR count). The van der Waals surface area contributed by atoms with Crippen molar-refractivity contribution in [2.45, 2.75) is 0 Å². The number of aromatic nitrogens is 2. The molecule has 0 N–H and O–H groups in total. The van der Waals surface area contributed by atoms with Crippen molar-refractivity contribution >= 4 is 23.2 Å². The Morgan fingerprint density at radius 1 is 1.80 bits per heavy atom. The molecule has 1 heterocycles. The maximum absolute atomic E-state index is 10.4. The molecule has 0 aliphatic heterocycles. The molecule has 7 heteroatoms. The summed E-state index contributed by atoms with van der Waals surface area (Å²) in [6.07, 6.45) is 2.75. The number of anilines is 1. The van der Waals surface area contributed by atoms with Gasteiger partial charge in [0.2, 0.25) is 11.1 Å². The lowest BCUT2D eigenvalue weighted by Gasteiger charge is -2.13. The fourth-order valence-corrected chi connectivity index (χ4v) is 1.12. The number of hydrogen-bond donors (Lipinski definition) is 0. The van der Waals surface area contributed by atoms with Gasteiger partial charge >= 0.3 is 5.69 Å². The average molecular weight is 229 g/mol. The van der Waals surface area contributed by atoms with Gasteiger partial charge in [0, 0.05) is 13.6 Å². The van der Waals surface area contributed by atoms with Crippen LogP contribution in [0, 0.1) is 10.1 Å². The summed E-state index contributed by atoms with van der Waals surface area (Å²) >= 11 is 5.62. The van der Waals surface area contributed by atoms with Crippen LogP contribution in [0.3, 0.4) is 0 Å². The van der Waals surface area contributed by atoms with Gasteiger partial charge in [-0.15, -0.1) is 6.58 Å². The van der Waals surface area contributed by atoms with Gasteiger partial charge in [-0.05, 0) is 0 Å². The first-order valence-corrected chi connectivity index (χ1v) is 4.43. The first kappa shape index (κ1) is 11.4. The topological polar surface area (TPSA) is 72.2 Å². The Hall–Kier alpha value is -1.69. The van der Waals surface area contributed by atoms with Crippen LogP contribution in [-0.2, 0) is 0 Å². The lowest BCUT2D eigenvalue weighted by atomic mass is 10.5. The predicted octanol–water partition coefficient (Wildman–Crippen LogP) is 1.66. The van der Waals surface area contributed by atoms with Crippen molar-refractivity contribution in [3.63, 3.8) is 0 Å². The molecule has 6 nitrogen and oxygen atoms in total. The minimum absolute atomic E-state index is 0.166.